The zero-order chi connectivity index (χ0) is 18.6. The molecule has 0 aliphatic carbocycles. The highest BCUT2D eigenvalue weighted by Crippen LogP contribution is 2.23. The largest absolute Gasteiger partial charge is 0.497 e. The monoisotopic (exact) mass is 389 g/mol. The zero-order valence-electron chi connectivity index (χ0n) is 14.4. The quantitative estimate of drug-likeness (QED) is 0.641. The molecule has 3 rings (SSSR count). The fourth-order valence-electron chi connectivity index (χ4n) is 2.26. The highest BCUT2D eigenvalue weighted by Gasteiger charge is 2.16. The molecule has 2 heterocycles. The fraction of sp³-hybridized carbons (Fsp3) is 0.167. The van der Waals surface area contributed by atoms with Gasteiger partial charge in [0.2, 0.25) is 0 Å². The van der Waals surface area contributed by atoms with E-state index in [9.17, 15) is 8.42 Å². The van der Waals surface area contributed by atoms with E-state index in [1.165, 1.54) is 17.5 Å². The summed E-state index contributed by atoms with van der Waals surface area (Å²) in [5, 5.41) is 3.20. The Labute approximate surface area is 156 Å². The summed E-state index contributed by atoms with van der Waals surface area (Å²) >= 11 is 1.23. The van der Waals surface area contributed by atoms with Crippen molar-refractivity contribution < 1.29 is 13.2 Å². The lowest BCUT2D eigenvalue weighted by molar-refractivity contribution is 0.414. The second-order valence-electron chi connectivity index (χ2n) is 5.60. The van der Waals surface area contributed by atoms with Gasteiger partial charge in [-0.3, -0.25) is 4.72 Å². The highest BCUT2D eigenvalue weighted by atomic mass is 32.2. The number of rotatable bonds is 7. The van der Waals surface area contributed by atoms with Gasteiger partial charge in [-0.25, -0.2) is 13.4 Å². The number of anilines is 2. The van der Waals surface area contributed by atoms with E-state index in [0.29, 0.717) is 18.1 Å². The van der Waals surface area contributed by atoms with Crippen LogP contribution >= 0.6 is 11.3 Å². The number of thiophene rings is 1. The lowest BCUT2D eigenvalue weighted by Crippen LogP contribution is -2.11. The first kappa shape index (κ1) is 18.2. The SMILES string of the molecule is COc1ccc(CNc2ccc(NS(=O)(=O)c3ccc(C)s3)cn2)cc1. The van der Waals surface area contributed by atoms with Crippen molar-refractivity contribution in [3.8, 4) is 5.75 Å². The third-order valence-corrected chi connectivity index (χ3v) is 6.50. The molecule has 0 radical (unpaired) electrons. The zero-order valence-corrected chi connectivity index (χ0v) is 16.0. The summed E-state index contributed by atoms with van der Waals surface area (Å²) in [7, 11) is -1.94. The minimum absolute atomic E-state index is 0.289. The van der Waals surface area contributed by atoms with Gasteiger partial charge in [-0.1, -0.05) is 12.1 Å². The molecule has 2 N–H and O–H groups in total. The summed E-state index contributed by atoms with van der Waals surface area (Å²) < 4.78 is 32.6. The predicted molar refractivity (Wildman–Crippen MR) is 104 cm³/mol. The van der Waals surface area contributed by atoms with Gasteiger partial charge in [0.05, 0.1) is 19.0 Å². The molecule has 0 bridgehead atoms. The molecular weight excluding hydrogens is 370 g/mol. The first-order valence-corrected chi connectivity index (χ1v) is 10.2. The van der Waals surface area contributed by atoms with Crippen molar-refractivity contribution in [2.24, 2.45) is 0 Å². The minimum atomic E-state index is -3.57. The van der Waals surface area contributed by atoms with Gasteiger partial charge in [-0.05, 0) is 48.9 Å². The van der Waals surface area contributed by atoms with E-state index < -0.39 is 10.0 Å². The van der Waals surface area contributed by atoms with Crippen LogP contribution < -0.4 is 14.8 Å². The van der Waals surface area contributed by atoms with E-state index in [0.717, 1.165) is 16.2 Å². The number of nitrogens with one attached hydrogen (secondary N) is 2. The number of sulfonamides is 1. The fourth-order valence-corrected chi connectivity index (χ4v) is 4.58. The Bertz CT molecular complexity index is 966. The van der Waals surface area contributed by atoms with Gasteiger partial charge >= 0.3 is 0 Å². The second-order valence-corrected chi connectivity index (χ2v) is 8.80. The molecule has 26 heavy (non-hydrogen) atoms. The maximum absolute atomic E-state index is 12.3. The predicted octanol–water partition coefficient (Wildman–Crippen LogP) is 3.87. The van der Waals surface area contributed by atoms with E-state index in [1.807, 2.05) is 31.2 Å². The van der Waals surface area contributed by atoms with E-state index in [-0.39, 0.29) is 4.21 Å². The Kier molecular flexibility index (Phi) is 5.43. The van der Waals surface area contributed by atoms with Gasteiger partial charge in [-0.2, -0.15) is 0 Å². The number of aryl methyl sites for hydroxylation is 1. The molecule has 0 spiro atoms. The Morgan fingerprint density at radius 1 is 1.08 bits per heavy atom. The molecule has 1 aromatic carbocycles. The highest BCUT2D eigenvalue weighted by molar-refractivity contribution is 7.94. The van der Waals surface area contributed by atoms with Crippen molar-refractivity contribution in [2.45, 2.75) is 17.7 Å². The van der Waals surface area contributed by atoms with Crippen LogP contribution in [0.1, 0.15) is 10.4 Å². The van der Waals surface area contributed by atoms with Crippen LogP contribution in [0, 0.1) is 6.92 Å². The Morgan fingerprint density at radius 2 is 1.85 bits per heavy atom. The molecule has 0 fully saturated rings. The number of hydrogen-bond donors (Lipinski definition) is 2. The average molecular weight is 390 g/mol. The molecule has 0 atom stereocenters. The number of benzene rings is 1. The number of pyridine rings is 1. The lowest BCUT2D eigenvalue weighted by atomic mass is 10.2. The van der Waals surface area contributed by atoms with Crippen LogP contribution in [0.3, 0.4) is 0 Å². The topological polar surface area (TPSA) is 80.3 Å². The molecule has 0 saturated heterocycles. The summed E-state index contributed by atoms with van der Waals surface area (Å²) in [5.74, 6) is 1.47. The van der Waals surface area contributed by atoms with E-state index >= 15 is 0 Å². The Balaban J connectivity index is 1.61. The van der Waals surface area contributed by atoms with Gasteiger partial charge in [0.1, 0.15) is 15.8 Å². The molecule has 0 unspecified atom stereocenters. The average Bonchev–Trinajstić information content (AvgIpc) is 3.09. The van der Waals surface area contributed by atoms with Crippen LogP contribution in [0.4, 0.5) is 11.5 Å². The number of nitrogens with zero attached hydrogens (tertiary/aromatic N) is 1. The summed E-state index contributed by atoms with van der Waals surface area (Å²) in [6.45, 7) is 2.48. The van der Waals surface area contributed by atoms with E-state index in [1.54, 1.807) is 31.4 Å². The summed E-state index contributed by atoms with van der Waals surface area (Å²) in [5.41, 5.74) is 1.51. The van der Waals surface area contributed by atoms with Crippen molar-refractivity contribution >= 4 is 32.9 Å². The summed E-state index contributed by atoms with van der Waals surface area (Å²) in [6, 6.07) is 14.5. The molecule has 0 saturated carbocycles. The lowest BCUT2D eigenvalue weighted by Gasteiger charge is -2.09. The van der Waals surface area contributed by atoms with Crippen LogP contribution in [0.5, 0.6) is 5.75 Å². The molecule has 0 aliphatic heterocycles. The van der Waals surface area contributed by atoms with Crippen LogP contribution in [0.25, 0.3) is 0 Å². The van der Waals surface area contributed by atoms with Crippen LogP contribution in [0.15, 0.2) is 58.9 Å². The molecular formula is C18H19N3O3S2. The van der Waals surface area contributed by atoms with Gasteiger partial charge in [0.15, 0.2) is 0 Å². The Morgan fingerprint density at radius 3 is 2.42 bits per heavy atom. The van der Waals surface area contributed by atoms with Crippen molar-refractivity contribution in [3.05, 3.63) is 65.2 Å². The van der Waals surface area contributed by atoms with Gasteiger partial charge < -0.3 is 10.1 Å². The van der Waals surface area contributed by atoms with Crippen LogP contribution in [-0.2, 0) is 16.6 Å². The molecule has 0 amide bonds. The van der Waals surface area contributed by atoms with Crippen LogP contribution in [-0.4, -0.2) is 20.5 Å². The number of methoxy groups -OCH3 is 1. The normalized spacial score (nSPS) is 11.2. The summed E-state index contributed by atoms with van der Waals surface area (Å²) in [6.07, 6.45) is 1.49. The standard InChI is InChI=1S/C18H19N3O3S2/c1-13-3-10-18(25-13)26(22,23)21-15-6-9-17(20-12-15)19-11-14-4-7-16(24-2)8-5-14/h3-10,12,21H,11H2,1-2H3,(H,19,20). The maximum Gasteiger partial charge on any atom is 0.271 e. The van der Waals surface area contributed by atoms with Crippen molar-refractivity contribution in [3.63, 3.8) is 0 Å². The van der Waals surface area contributed by atoms with Crippen molar-refractivity contribution in [2.75, 3.05) is 17.1 Å². The number of aromatic nitrogens is 1. The van der Waals surface area contributed by atoms with Gasteiger partial charge in [-0.15, -0.1) is 11.3 Å². The van der Waals surface area contributed by atoms with E-state index in [4.69, 9.17) is 4.74 Å². The Hall–Kier alpha value is -2.58. The maximum atomic E-state index is 12.3. The molecule has 2 aromatic heterocycles. The smallest absolute Gasteiger partial charge is 0.271 e. The van der Waals surface area contributed by atoms with Gasteiger partial charge in [0.25, 0.3) is 10.0 Å². The molecule has 8 heteroatoms. The van der Waals surface area contributed by atoms with Crippen LogP contribution in [0.2, 0.25) is 0 Å². The summed E-state index contributed by atoms with van der Waals surface area (Å²) in [4.78, 5) is 5.20. The first-order valence-electron chi connectivity index (χ1n) is 7.88. The second kappa shape index (κ2) is 7.76. The molecule has 0 aliphatic rings. The van der Waals surface area contributed by atoms with Crippen molar-refractivity contribution in [1.82, 2.24) is 4.98 Å². The first-order chi connectivity index (χ1) is 12.5. The van der Waals surface area contributed by atoms with Crippen molar-refractivity contribution in [1.29, 1.82) is 0 Å². The molecule has 136 valence electrons. The number of hydrogen-bond acceptors (Lipinski definition) is 6. The third kappa shape index (κ3) is 4.53. The third-order valence-electron chi connectivity index (χ3n) is 3.63. The molecule has 3 aromatic rings. The van der Waals surface area contributed by atoms with E-state index in [2.05, 4.69) is 15.0 Å². The molecule has 6 nitrogen and oxygen atoms in total. The number of ether oxygens (including phenoxy) is 1. The minimum Gasteiger partial charge on any atom is -0.497 e. The van der Waals surface area contributed by atoms with Gasteiger partial charge in [0, 0.05) is 11.4 Å².